The third-order valence-corrected chi connectivity index (χ3v) is 15.5. The number of phenolic OH excluding ortho intramolecular Hbond substituents is 2. The van der Waals surface area contributed by atoms with Crippen LogP contribution in [0.2, 0.25) is 0 Å². The number of phenols is 2. The molecule has 0 saturated carbocycles. The molecule has 5 saturated heterocycles. The van der Waals surface area contributed by atoms with Crippen molar-refractivity contribution in [2.75, 3.05) is 53.9 Å². The third kappa shape index (κ3) is 16.7. The summed E-state index contributed by atoms with van der Waals surface area (Å²) in [7, 11) is 2.52. The lowest BCUT2D eigenvalue weighted by Gasteiger charge is -2.51. The monoisotopic (exact) mass is 1330 g/mol. The molecule has 0 aromatic heterocycles. The van der Waals surface area contributed by atoms with Gasteiger partial charge in [-0.1, -0.05) is 30.3 Å². The summed E-state index contributed by atoms with van der Waals surface area (Å²) in [5, 5.41) is 165. The molecule has 0 unspecified atom stereocenters. The zero-order valence-electron chi connectivity index (χ0n) is 49.6. The number of aliphatic hydroxyl groups excluding tert-OH is 13. The summed E-state index contributed by atoms with van der Waals surface area (Å²) >= 11 is 0. The highest BCUT2D eigenvalue weighted by Gasteiger charge is 2.64. The Balaban J connectivity index is 1.28. The van der Waals surface area contributed by atoms with Crippen LogP contribution in [-0.4, -0.2) is 301 Å². The minimum Gasteiger partial charge on any atom is -0.504 e. The maximum atomic E-state index is 14.3. The Morgan fingerprint density at radius 2 is 0.989 bits per heavy atom. The van der Waals surface area contributed by atoms with E-state index in [0.717, 1.165) is 19.1 Å². The van der Waals surface area contributed by atoms with Crippen molar-refractivity contribution in [2.45, 2.75) is 154 Å². The van der Waals surface area contributed by atoms with Crippen LogP contribution in [-0.2, 0) is 76.0 Å². The van der Waals surface area contributed by atoms with Crippen molar-refractivity contribution in [1.82, 2.24) is 0 Å². The molecule has 93 heavy (non-hydrogen) atoms. The van der Waals surface area contributed by atoms with Gasteiger partial charge in [-0.05, 0) is 59.7 Å². The van der Waals surface area contributed by atoms with Crippen LogP contribution < -0.4 is 9.47 Å². The second kappa shape index (κ2) is 32.2. The number of methoxy groups -OCH3 is 2. The number of esters is 4. The molecule has 514 valence electrons. The molecule has 34 nitrogen and oxygen atoms in total. The Morgan fingerprint density at radius 1 is 0.495 bits per heavy atom. The molecule has 0 radical (unpaired) electrons. The quantitative estimate of drug-likeness (QED) is 0.0214. The van der Waals surface area contributed by atoms with Gasteiger partial charge in [-0.2, -0.15) is 0 Å². The second-order valence-corrected chi connectivity index (χ2v) is 21.7. The van der Waals surface area contributed by atoms with Crippen LogP contribution in [0.5, 0.6) is 23.0 Å². The fourth-order valence-electron chi connectivity index (χ4n) is 10.6. The van der Waals surface area contributed by atoms with Crippen LogP contribution in [0, 0.1) is 0 Å². The van der Waals surface area contributed by atoms with Crippen LogP contribution in [0.1, 0.15) is 28.4 Å². The summed E-state index contributed by atoms with van der Waals surface area (Å²) in [6, 6.07) is 14.9. The molecule has 24 atom stereocenters. The zero-order valence-corrected chi connectivity index (χ0v) is 49.6. The summed E-state index contributed by atoms with van der Waals surface area (Å²) in [5.74, 6) is -8.27. The summed E-state index contributed by atoms with van der Waals surface area (Å²) in [6.45, 7) is -5.65. The van der Waals surface area contributed by atoms with Crippen LogP contribution in [0.15, 0.2) is 78.9 Å². The minimum absolute atomic E-state index is 0.00886. The fourth-order valence-corrected chi connectivity index (χ4v) is 10.6. The maximum absolute atomic E-state index is 14.3. The Labute approximate surface area is 527 Å². The van der Waals surface area contributed by atoms with E-state index < -0.39 is 210 Å². The second-order valence-electron chi connectivity index (χ2n) is 21.7. The molecule has 3 aromatic rings. The van der Waals surface area contributed by atoms with E-state index in [2.05, 4.69) is 0 Å². The Bertz CT molecular complexity index is 3020. The Hall–Kier alpha value is -6.66. The molecule has 8 rings (SSSR count). The number of aromatic hydroxyl groups is 2. The standard InChI is InChI=1S/C59H74O34/c1-25(64)81-23-37-42(71)50(88-55-46(75)44(73)40(69)33(19-60)83-55)48(77)57(86-37)89-51-49(87-39(68)16-12-27-10-14-30(66)32(18-27)80-3)36(22-63)85-58(52(51)90-56-47(76)45(74)41(70)34(20-61)84-56)93-59(24-82-38(67)15-11-26-9-13-29(65)31(17-26)79-2)53(43(72)35(21-62)92-59)91-54(78)28-7-5-4-6-8-28/h4-18,33-37,40-53,55-58,60-63,65-66,69-77H,19-24H2,1-3H3/b15-11+,16-12+/t33-,34-,35-,36-,37-,40-,41-,42-,43-,44+,45+,46-,47-,48-,49-,50+,51+,52-,53+,55+,56+,57+,58-,59+/m1/s1. The lowest BCUT2D eigenvalue weighted by atomic mass is 9.95. The average molecular weight is 1330 g/mol. The van der Waals surface area contributed by atoms with Gasteiger partial charge in [0.2, 0.25) is 5.79 Å². The van der Waals surface area contributed by atoms with E-state index in [1.54, 1.807) is 6.07 Å². The van der Waals surface area contributed by atoms with Gasteiger partial charge in [-0.25, -0.2) is 14.4 Å². The SMILES string of the molecule is COc1cc(/C=C/C(=O)OC[C@@]2(O[C@H]3O[C@H](CO)[C@@H](OC(=O)/C=C/c4ccc(O)c(OC)c4)[C@H](O[C@@H]4O[C@H](COC(C)=O)[C@@H](O)[C@H](O[C@@H]5O[C@H](CO)[C@@H](O)[C@H](O)[C@H]5O)[C@H]4O)[C@H]3O[C@@H]3O[C@H](CO)[C@@H](O)[C@H](O)[C@H]3O)O[C@H](CO)[C@@H](O)[C@@H]2OC(=O)c2ccccc2)ccc1O. The van der Waals surface area contributed by atoms with Gasteiger partial charge in [-0.15, -0.1) is 0 Å². The molecular weight excluding hydrogens is 1250 g/mol. The first kappa shape index (κ1) is 72.2. The molecule has 5 fully saturated rings. The van der Waals surface area contributed by atoms with Gasteiger partial charge in [0.05, 0.1) is 46.2 Å². The van der Waals surface area contributed by atoms with Crippen molar-refractivity contribution >= 4 is 36.0 Å². The van der Waals surface area contributed by atoms with Crippen LogP contribution >= 0.6 is 0 Å². The van der Waals surface area contributed by atoms with E-state index in [9.17, 15) is 95.8 Å². The number of carbonyl (C=O) groups excluding carboxylic acids is 4. The summed E-state index contributed by atoms with van der Waals surface area (Å²) in [6.07, 6.45) is -45.6. The number of benzene rings is 3. The van der Waals surface area contributed by atoms with Gasteiger partial charge in [0.25, 0.3) is 0 Å². The van der Waals surface area contributed by atoms with Gasteiger partial charge in [0, 0.05) is 19.1 Å². The van der Waals surface area contributed by atoms with Gasteiger partial charge >= 0.3 is 23.9 Å². The van der Waals surface area contributed by atoms with Gasteiger partial charge in [-0.3, -0.25) is 4.79 Å². The number of aliphatic hydroxyl groups is 13. The fraction of sp³-hybridized carbons (Fsp3) is 0.559. The van der Waals surface area contributed by atoms with E-state index >= 15 is 0 Å². The average Bonchev–Trinajstić information content (AvgIpc) is 1.72. The normalized spacial score (nSPS) is 36.3. The molecule has 0 aliphatic carbocycles. The van der Waals surface area contributed by atoms with Crippen molar-refractivity contribution in [1.29, 1.82) is 0 Å². The first-order valence-electron chi connectivity index (χ1n) is 28.8. The highest BCUT2D eigenvalue weighted by atomic mass is 16.8. The smallest absolute Gasteiger partial charge is 0.338 e. The molecule has 34 heteroatoms. The van der Waals surface area contributed by atoms with E-state index in [0.29, 0.717) is 0 Å². The van der Waals surface area contributed by atoms with Gasteiger partial charge < -0.3 is 148 Å². The largest absolute Gasteiger partial charge is 0.504 e. The molecule has 3 aromatic carbocycles. The van der Waals surface area contributed by atoms with E-state index in [1.165, 1.54) is 87.0 Å². The lowest BCUT2D eigenvalue weighted by Crippen LogP contribution is -2.69. The molecule has 0 amide bonds. The topological polar surface area (TPSA) is 510 Å². The summed E-state index contributed by atoms with van der Waals surface area (Å²) < 4.78 is 88.1. The van der Waals surface area contributed by atoms with E-state index in [1.807, 2.05) is 0 Å². The highest BCUT2D eigenvalue weighted by Crippen LogP contribution is 2.43. The first-order chi connectivity index (χ1) is 44.4. The first-order valence-corrected chi connectivity index (χ1v) is 28.8. The van der Waals surface area contributed by atoms with Crippen LogP contribution in [0.25, 0.3) is 12.2 Å². The lowest BCUT2D eigenvalue weighted by molar-refractivity contribution is -0.423. The van der Waals surface area contributed by atoms with Crippen LogP contribution in [0.4, 0.5) is 0 Å². The molecule has 0 bridgehead atoms. The van der Waals surface area contributed by atoms with Crippen molar-refractivity contribution in [2.24, 2.45) is 0 Å². The Kier molecular flexibility index (Phi) is 25.0. The van der Waals surface area contributed by atoms with Crippen molar-refractivity contribution in [3.63, 3.8) is 0 Å². The number of ether oxygens (including phenoxy) is 15. The summed E-state index contributed by atoms with van der Waals surface area (Å²) in [4.78, 5) is 54.5. The highest BCUT2D eigenvalue weighted by molar-refractivity contribution is 5.90. The minimum atomic E-state index is -3.00. The molecule has 0 spiro atoms. The zero-order chi connectivity index (χ0) is 67.6. The van der Waals surface area contributed by atoms with E-state index in [4.69, 9.17) is 71.1 Å². The number of hydrogen-bond donors (Lipinski definition) is 15. The molecule has 5 aliphatic rings. The van der Waals surface area contributed by atoms with E-state index in [-0.39, 0.29) is 39.7 Å². The molecule has 15 N–H and O–H groups in total. The number of rotatable bonds is 25. The third-order valence-electron chi connectivity index (χ3n) is 15.5. The maximum Gasteiger partial charge on any atom is 0.338 e. The predicted octanol–water partition coefficient (Wildman–Crippen LogP) is -5.53. The molecular formula is C59H74O34. The Morgan fingerprint density at radius 3 is 1.52 bits per heavy atom. The van der Waals surface area contributed by atoms with Crippen molar-refractivity contribution in [3.05, 3.63) is 95.6 Å². The summed E-state index contributed by atoms with van der Waals surface area (Å²) in [5.41, 5.74) is 0.343. The predicted molar refractivity (Wildman–Crippen MR) is 301 cm³/mol. The van der Waals surface area contributed by atoms with Gasteiger partial charge in [0.15, 0.2) is 60.4 Å². The van der Waals surface area contributed by atoms with Crippen molar-refractivity contribution < 1.29 is 167 Å². The number of hydrogen-bond acceptors (Lipinski definition) is 34. The van der Waals surface area contributed by atoms with Crippen LogP contribution in [0.3, 0.4) is 0 Å². The van der Waals surface area contributed by atoms with Gasteiger partial charge in [0.1, 0.15) is 117 Å². The molecule has 5 aliphatic heterocycles. The molecule has 5 heterocycles. The van der Waals surface area contributed by atoms with Crippen molar-refractivity contribution in [3.8, 4) is 23.0 Å². The number of carbonyl (C=O) groups is 4.